The Kier molecular flexibility index (Phi) is 4.16. The van der Waals surface area contributed by atoms with Crippen LogP contribution in [0.2, 0.25) is 32.2 Å². The molecular formula is C10H29N3OSi3. The summed E-state index contributed by atoms with van der Waals surface area (Å²) in [5.41, 5.74) is 18.0. The highest BCUT2D eigenvalue weighted by Gasteiger charge is 2.64. The molecule has 17 heavy (non-hydrogen) atoms. The van der Waals surface area contributed by atoms with E-state index in [1.54, 1.807) is 0 Å². The van der Waals surface area contributed by atoms with Crippen molar-refractivity contribution < 1.29 is 4.43 Å². The van der Waals surface area contributed by atoms with Gasteiger partial charge in [-0.15, -0.1) is 0 Å². The quantitative estimate of drug-likeness (QED) is 0.651. The van der Waals surface area contributed by atoms with Gasteiger partial charge in [-0.1, -0.05) is 19.6 Å². The maximum absolute atomic E-state index is 6.50. The first-order chi connectivity index (χ1) is 7.60. The highest BCUT2D eigenvalue weighted by Crippen LogP contribution is 2.42. The first kappa shape index (κ1) is 15.5. The van der Waals surface area contributed by atoms with E-state index in [2.05, 4.69) is 33.1 Å². The van der Waals surface area contributed by atoms with E-state index in [-0.39, 0.29) is 5.60 Å². The molecule has 0 amide bonds. The van der Waals surface area contributed by atoms with E-state index >= 15 is 0 Å². The monoisotopic (exact) mass is 291 g/mol. The Hall–Kier alpha value is 0.491. The Labute approximate surface area is 108 Å². The molecule has 7 heteroatoms. The summed E-state index contributed by atoms with van der Waals surface area (Å²) in [5, 5.41) is 0. The van der Waals surface area contributed by atoms with Crippen molar-refractivity contribution in [1.82, 2.24) is 0 Å². The minimum Gasteiger partial charge on any atom is -0.413 e. The lowest BCUT2D eigenvalue weighted by atomic mass is 10.1. The van der Waals surface area contributed by atoms with Gasteiger partial charge in [-0.2, -0.15) is 0 Å². The van der Waals surface area contributed by atoms with Gasteiger partial charge in [0.1, 0.15) is 0 Å². The predicted octanol–water partition coefficient (Wildman–Crippen LogP) is 0.249. The maximum Gasteiger partial charge on any atom is 0.188 e. The number of hydrogen-bond donors (Lipinski definition) is 3. The van der Waals surface area contributed by atoms with Gasteiger partial charge in [-0.05, 0) is 25.7 Å². The molecule has 1 saturated heterocycles. The van der Waals surface area contributed by atoms with E-state index in [9.17, 15) is 0 Å². The van der Waals surface area contributed by atoms with Crippen LogP contribution in [0, 0.1) is 0 Å². The zero-order valence-corrected chi connectivity index (χ0v) is 15.0. The number of nitrogens with two attached hydrogens (primary N) is 3. The average Bonchev–Trinajstić information content (AvgIpc) is 2.26. The Bertz CT molecular complexity index is 281. The van der Waals surface area contributed by atoms with Gasteiger partial charge in [0, 0.05) is 12.7 Å². The van der Waals surface area contributed by atoms with Crippen LogP contribution in [0.3, 0.4) is 0 Å². The molecule has 6 N–H and O–H groups in total. The van der Waals surface area contributed by atoms with Gasteiger partial charge >= 0.3 is 0 Å². The zero-order valence-electron chi connectivity index (χ0n) is 12.0. The second kappa shape index (κ2) is 4.55. The summed E-state index contributed by atoms with van der Waals surface area (Å²) < 4.78 is 6.50. The number of rotatable bonds is 3. The van der Waals surface area contributed by atoms with Gasteiger partial charge in [-0.3, -0.25) is 0 Å². The molecule has 1 fully saturated rings. The molecule has 0 saturated carbocycles. The summed E-state index contributed by atoms with van der Waals surface area (Å²) in [6.45, 7) is 12.4. The Morgan fingerprint density at radius 1 is 1.06 bits per heavy atom. The summed E-state index contributed by atoms with van der Waals surface area (Å²) >= 11 is 0. The highest BCUT2D eigenvalue weighted by molar-refractivity contribution is 7.68. The lowest BCUT2D eigenvalue weighted by Gasteiger charge is -2.60. The van der Waals surface area contributed by atoms with Crippen molar-refractivity contribution >= 4 is 22.5 Å². The molecule has 1 heterocycles. The normalized spacial score (nSPS) is 45.9. The second-order valence-electron chi connectivity index (χ2n) is 6.76. The van der Waals surface area contributed by atoms with E-state index in [0.29, 0.717) is 12.7 Å². The van der Waals surface area contributed by atoms with E-state index in [0.717, 1.165) is 12.2 Å². The largest absolute Gasteiger partial charge is 0.413 e. The molecule has 0 bridgehead atoms. The average molecular weight is 292 g/mol. The minimum atomic E-state index is -1.83. The molecule has 0 radical (unpaired) electrons. The molecule has 3 atom stereocenters. The lowest BCUT2D eigenvalue weighted by Crippen LogP contribution is -2.84. The van der Waals surface area contributed by atoms with Crippen LogP contribution in [0.25, 0.3) is 0 Å². The number of hydrogen-bond acceptors (Lipinski definition) is 4. The van der Waals surface area contributed by atoms with E-state index in [1.807, 2.05) is 0 Å². The van der Waals surface area contributed by atoms with Crippen LogP contribution in [0.15, 0.2) is 0 Å². The van der Waals surface area contributed by atoms with Crippen LogP contribution < -0.4 is 17.2 Å². The molecule has 4 nitrogen and oxygen atoms in total. The van der Waals surface area contributed by atoms with Crippen molar-refractivity contribution in [2.75, 3.05) is 18.9 Å². The molecule has 1 aliphatic rings. The van der Waals surface area contributed by atoms with Crippen LogP contribution in [-0.2, 0) is 4.43 Å². The van der Waals surface area contributed by atoms with Crippen molar-refractivity contribution in [2.24, 2.45) is 17.2 Å². The SMILES string of the molecule is CC1(CN)C[Si](C)(CN)[Si](C)(C)[Si](C)(CN)O1. The van der Waals surface area contributed by atoms with Crippen LogP contribution in [0.4, 0.5) is 0 Å². The molecule has 1 rings (SSSR count). The summed E-state index contributed by atoms with van der Waals surface area (Å²) in [6, 6.07) is 1.11. The fraction of sp³-hybridized carbons (Fsp3) is 1.00. The fourth-order valence-electron chi connectivity index (χ4n) is 3.13. The summed E-state index contributed by atoms with van der Waals surface area (Å²) in [7, 11) is -4.74. The van der Waals surface area contributed by atoms with Crippen molar-refractivity contribution in [3.8, 4) is 0 Å². The Morgan fingerprint density at radius 3 is 1.94 bits per heavy atom. The standard InChI is InChI=1S/C10H29N3OSi3/c1-10(6-11)7-16(4,8-12)15(2,3)17(5,9-13)14-10/h6-9,11-13H2,1-5H3. The smallest absolute Gasteiger partial charge is 0.188 e. The van der Waals surface area contributed by atoms with Gasteiger partial charge in [0.05, 0.1) is 20.3 Å². The third-order valence-electron chi connectivity index (χ3n) is 5.34. The maximum atomic E-state index is 6.50. The topological polar surface area (TPSA) is 87.3 Å². The second-order valence-corrected chi connectivity index (χ2v) is 32.8. The van der Waals surface area contributed by atoms with Gasteiger partial charge in [0.15, 0.2) is 7.83 Å². The van der Waals surface area contributed by atoms with Gasteiger partial charge in [0.2, 0.25) is 0 Å². The van der Waals surface area contributed by atoms with E-state index < -0.39 is 22.5 Å². The van der Waals surface area contributed by atoms with Crippen molar-refractivity contribution in [1.29, 1.82) is 0 Å². The zero-order chi connectivity index (χ0) is 13.5. The van der Waals surface area contributed by atoms with Crippen LogP contribution >= 0.6 is 0 Å². The van der Waals surface area contributed by atoms with E-state index in [4.69, 9.17) is 21.6 Å². The molecule has 0 spiro atoms. The van der Waals surface area contributed by atoms with Crippen molar-refractivity contribution in [3.05, 3.63) is 0 Å². The molecule has 0 aromatic rings. The molecule has 102 valence electrons. The Morgan fingerprint density at radius 2 is 1.59 bits per heavy atom. The highest BCUT2D eigenvalue weighted by atomic mass is 29.6. The van der Waals surface area contributed by atoms with Crippen molar-refractivity contribution in [3.63, 3.8) is 0 Å². The fourth-order valence-corrected chi connectivity index (χ4v) is 35.0. The Balaban J connectivity index is 3.25. The summed E-state index contributed by atoms with van der Waals surface area (Å²) in [5.74, 6) is 0. The molecule has 0 aromatic carbocycles. The summed E-state index contributed by atoms with van der Waals surface area (Å²) in [6.07, 6.45) is 1.57. The molecular weight excluding hydrogens is 262 g/mol. The van der Waals surface area contributed by atoms with Crippen LogP contribution in [-0.4, -0.2) is 47.0 Å². The van der Waals surface area contributed by atoms with Gasteiger partial charge in [-0.25, -0.2) is 0 Å². The molecule has 0 aromatic heterocycles. The predicted molar refractivity (Wildman–Crippen MR) is 82.2 cm³/mol. The van der Waals surface area contributed by atoms with Crippen LogP contribution in [0.5, 0.6) is 0 Å². The minimum absolute atomic E-state index is 0.177. The lowest BCUT2D eigenvalue weighted by molar-refractivity contribution is 0.108. The molecule has 0 aliphatic carbocycles. The first-order valence-electron chi connectivity index (χ1n) is 6.40. The third kappa shape index (κ3) is 2.22. The first-order valence-corrected chi connectivity index (χ1v) is 16.9. The molecule has 3 unspecified atom stereocenters. The summed E-state index contributed by atoms with van der Waals surface area (Å²) in [4.78, 5) is 0. The van der Waals surface area contributed by atoms with Gasteiger partial charge in [0.25, 0.3) is 0 Å². The van der Waals surface area contributed by atoms with E-state index in [1.165, 1.54) is 0 Å². The van der Waals surface area contributed by atoms with Gasteiger partial charge < -0.3 is 21.6 Å². The third-order valence-corrected chi connectivity index (χ3v) is 44.4. The van der Waals surface area contributed by atoms with Crippen molar-refractivity contribution in [2.45, 2.75) is 44.8 Å². The van der Waals surface area contributed by atoms with Crippen LogP contribution in [0.1, 0.15) is 6.92 Å². The molecule has 1 aliphatic heterocycles.